The summed E-state index contributed by atoms with van der Waals surface area (Å²) in [6, 6.07) is 11.8. The van der Waals surface area contributed by atoms with Gasteiger partial charge >= 0.3 is 0 Å². The molecule has 2 aromatic carbocycles. The van der Waals surface area contributed by atoms with Crippen molar-refractivity contribution in [1.82, 2.24) is 10.2 Å². The number of nitrogens with one attached hydrogen (secondary N) is 2. The van der Waals surface area contributed by atoms with E-state index in [2.05, 4.69) is 15.5 Å². The Morgan fingerprint density at radius 1 is 1.03 bits per heavy atom. The van der Waals surface area contributed by atoms with Gasteiger partial charge in [-0.2, -0.15) is 16.9 Å². The third-order valence-electron chi connectivity index (χ3n) is 5.81. The number of aromatic nitrogens is 2. The maximum Gasteiger partial charge on any atom is 0.161 e. The summed E-state index contributed by atoms with van der Waals surface area (Å²) in [5, 5.41) is 20.3. The minimum atomic E-state index is -0.278. The van der Waals surface area contributed by atoms with E-state index in [1.165, 1.54) is 0 Å². The second-order valence-electron chi connectivity index (χ2n) is 8.62. The highest BCUT2D eigenvalue weighted by Crippen LogP contribution is 2.44. The first kappa shape index (κ1) is 27.1. The van der Waals surface area contributed by atoms with E-state index < -0.39 is 0 Å². The topological polar surface area (TPSA) is 107 Å². The van der Waals surface area contributed by atoms with Gasteiger partial charge in [0.1, 0.15) is 12.4 Å². The molecule has 0 fully saturated rings. The first-order chi connectivity index (χ1) is 18.1. The smallest absolute Gasteiger partial charge is 0.161 e. The molecule has 0 bridgehead atoms. The number of fused-ring (bicyclic) bond motifs is 3. The van der Waals surface area contributed by atoms with E-state index in [1.54, 1.807) is 32.9 Å². The van der Waals surface area contributed by atoms with Crippen molar-refractivity contribution in [2.75, 3.05) is 64.1 Å². The van der Waals surface area contributed by atoms with Crippen LogP contribution in [0.25, 0.3) is 11.3 Å². The number of anilines is 2. The number of aliphatic hydroxyl groups is 1. The fourth-order valence-electron chi connectivity index (χ4n) is 4.05. The van der Waals surface area contributed by atoms with Gasteiger partial charge in [0.15, 0.2) is 17.3 Å². The van der Waals surface area contributed by atoms with Crippen molar-refractivity contribution >= 4 is 23.3 Å². The second-order valence-corrected chi connectivity index (χ2v) is 9.77. The molecule has 1 aliphatic rings. The Morgan fingerprint density at radius 2 is 1.84 bits per heavy atom. The van der Waals surface area contributed by atoms with Crippen LogP contribution in [0.15, 0.2) is 36.4 Å². The normalized spacial score (nSPS) is 12.6. The summed E-state index contributed by atoms with van der Waals surface area (Å²) in [6.45, 7) is 4.35. The van der Waals surface area contributed by atoms with Gasteiger partial charge in [-0.05, 0) is 36.8 Å². The van der Waals surface area contributed by atoms with Gasteiger partial charge < -0.3 is 34.1 Å². The number of H-pyrrole nitrogens is 1. The van der Waals surface area contributed by atoms with Gasteiger partial charge in [0.05, 0.1) is 52.4 Å². The average Bonchev–Trinajstić information content (AvgIpc) is 3.45. The van der Waals surface area contributed by atoms with Gasteiger partial charge in [-0.3, -0.25) is 5.10 Å². The number of methoxy groups -OCH3 is 2. The van der Waals surface area contributed by atoms with E-state index in [1.807, 2.05) is 36.4 Å². The number of hydrogen-bond acceptors (Lipinski definition) is 9. The van der Waals surface area contributed by atoms with Gasteiger partial charge in [0.2, 0.25) is 0 Å². The number of aromatic amines is 1. The van der Waals surface area contributed by atoms with Crippen LogP contribution in [0.4, 0.5) is 11.5 Å². The van der Waals surface area contributed by atoms with E-state index in [-0.39, 0.29) is 6.10 Å². The molecule has 1 heterocycles. The molecule has 1 aliphatic carbocycles. The Labute approximate surface area is 221 Å². The number of rotatable bonds is 16. The first-order valence-corrected chi connectivity index (χ1v) is 13.5. The van der Waals surface area contributed by atoms with Crippen molar-refractivity contribution in [3.8, 4) is 28.5 Å². The lowest BCUT2D eigenvalue weighted by molar-refractivity contribution is 0.0409. The van der Waals surface area contributed by atoms with Crippen LogP contribution in [0.2, 0.25) is 0 Å². The lowest BCUT2D eigenvalue weighted by atomic mass is 10.1. The summed E-state index contributed by atoms with van der Waals surface area (Å²) in [5.74, 6) is 4.53. The highest BCUT2D eigenvalue weighted by molar-refractivity contribution is 7.99. The molecule has 3 aromatic rings. The zero-order chi connectivity index (χ0) is 26.0. The third kappa shape index (κ3) is 7.32. The second kappa shape index (κ2) is 13.6. The maximum atomic E-state index is 9.23. The molecule has 200 valence electrons. The van der Waals surface area contributed by atoms with Crippen LogP contribution in [0.1, 0.15) is 18.1 Å². The number of thioether (sulfide) groups is 1. The van der Waals surface area contributed by atoms with Crippen LogP contribution in [0.3, 0.4) is 0 Å². The predicted octanol–water partition coefficient (Wildman–Crippen LogP) is 4.27. The molecule has 4 rings (SSSR count). The molecule has 1 aromatic heterocycles. The Kier molecular flexibility index (Phi) is 9.95. The molecule has 10 heteroatoms. The predicted molar refractivity (Wildman–Crippen MR) is 146 cm³/mol. The first-order valence-electron chi connectivity index (χ1n) is 12.3. The highest BCUT2D eigenvalue weighted by Gasteiger charge is 2.27. The summed E-state index contributed by atoms with van der Waals surface area (Å²) < 4.78 is 28.1. The molecular formula is C27H35N3O6S. The zero-order valence-electron chi connectivity index (χ0n) is 21.5. The summed E-state index contributed by atoms with van der Waals surface area (Å²) in [7, 11) is 3.29. The highest BCUT2D eigenvalue weighted by atomic mass is 32.2. The van der Waals surface area contributed by atoms with Crippen LogP contribution >= 0.6 is 11.8 Å². The molecule has 37 heavy (non-hydrogen) atoms. The maximum absolute atomic E-state index is 9.23. The van der Waals surface area contributed by atoms with Gasteiger partial charge in [0, 0.05) is 40.8 Å². The van der Waals surface area contributed by atoms with E-state index in [9.17, 15) is 5.11 Å². The minimum Gasteiger partial charge on any atom is -0.497 e. The third-order valence-corrected chi connectivity index (χ3v) is 6.99. The van der Waals surface area contributed by atoms with Crippen molar-refractivity contribution < 1.29 is 28.8 Å². The molecule has 0 amide bonds. The number of hydrogen-bond donors (Lipinski definition) is 3. The van der Waals surface area contributed by atoms with E-state index >= 15 is 0 Å². The summed E-state index contributed by atoms with van der Waals surface area (Å²) >= 11 is 1.68. The number of ether oxygens (including phenoxy) is 5. The SMILES string of the molecule is COc1cccc(Nc2n[nH]c3c2Cc2cc(OCCOCCOCCSCC(C)O)c(OC)cc2-3)c1. The lowest BCUT2D eigenvalue weighted by Gasteiger charge is -2.13. The molecule has 1 unspecified atom stereocenters. The monoisotopic (exact) mass is 529 g/mol. The molecular weight excluding hydrogens is 494 g/mol. The van der Waals surface area contributed by atoms with Crippen molar-refractivity contribution in [2.24, 2.45) is 0 Å². The van der Waals surface area contributed by atoms with Crippen LogP contribution in [-0.4, -0.2) is 80.2 Å². The molecule has 0 saturated carbocycles. The van der Waals surface area contributed by atoms with Crippen molar-refractivity contribution in [3.63, 3.8) is 0 Å². The largest absolute Gasteiger partial charge is 0.497 e. The fraction of sp³-hybridized carbons (Fsp3) is 0.444. The Morgan fingerprint density at radius 3 is 2.62 bits per heavy atom. The van der Waals surface area contributed by atoms with Gasteiger partial charge in [-0.1, -0.05) is 6.07 Å². The summed E-state index contributed by atoms with van der Waals surface area (Å²) in [6.07, 6.45) is 0.455. The zero-order valence-corrected chi connectivity index (χ0v) is 22.4. The Hall–Kier alpha value is -2.92. The number of nitrogens with zero attached hydrogens (tertiary/aromatic N) is 1. The molecule has 0 saturated heterocycles. The number of benzene rings is 2. The molecule has 0 aliphatic heterocycles. The summed E-state index contributed by atoms with van der Waals surface area (Å²) in [5.41, 5.74) is 5.20. The molecule has 0 radical (unpaired) electrons. The summed E-state index contributed by atoms with van der Waals surface area (Å²) in [4.78, 5) is 0. The standard InChI is InChI=1S/C27H35N3O6S/c1-18(31)17-37-12-11-35-8-7-34-9-10-36-25-14-19-13-23-26(22(19)16-24(25)33-3)29-30-27(23)28-20-5-4-6-21(15-20)32-2/h4-6,14-16,18,31H,7-13,17H2,1-3H3,(H2,28,29,30). The number of aliphatic hydroxyl groups excluding tert-OH is 1. The van der Waals surface area contributed by atoms with E-state index in [4.69, 9.17) is 23.7 Å². The molecule has 1 atom stereocenters. The Bertz CT molecular complexity index is 1150. The van der Waals surface area contributed by atoms with E-state index in [0.29, 0.717) is 44.5 Å². The van der Waals surface area contributed by atoms with Crippen molar-refractivity contribution in [3.05, 3.63) is 47.5 Å². The quantitative estimate of drug-likeness (QED) is 0.183. The van der Waals surface area contributed by atoms with Gasteiger partial charge in [-0.15, -0.1) is 0 Å². The fourth-order valence-corrected chi connectivity index (χ4v) is 4.79. The van der Waals surface area contributed by atoms with Crippen LogP contribution in [0, 0.1) is 0 Å². The van der Waals surface area contributed by atoms with Crippen molar-refractivity contribution in [2.45, 2.75) is 19.4 Å². The van der Waals surface area contributed by atoms with Gasteiger partial charge in [0.25, 0.3) is 0 Å². The minimum absolute atomic E-state index is 0.278. The Balaban J connectivity index is 1.26. The van der Waals surface area contributed by atoms with E-state index in [0.717, 1.165) is 57.6 Å². The molecule has 0 spiro atoms. The molecule has 3 N–H and O–H groups in total. The molecule has 9 nitrogen and oxygen atoms in total. The van der Waals surface area contributed by atoms with Gasteiger partial charge in [-0.25, -0.2) is 0 Å². The van der Waals surface area contributed by atoms with Crippen LogP contribution < -0.4 is 19.5 Å². The average molecular weight is 530 g/mol. The van der Waals surface area contributed by atoms with Crippen LogP contribution in [-0.2, 0) is 15.9 Å². The lowest BCUT2D eigenvalue weighted by Crippen LogP contribution is -2.12. The van der Waals surface area contributed by atoms with Crippen LogP contribution in [0.5, 0.6) is 17.2 Å². The van der Waals surface area contributed by atoms with Crippen molar-refractivity contribution in [1.29, 1.82) is 0 Å².